The van der Waals surface area contributed by atoms with Gasteiger partial charge in [0.25, 0.3) is 0 Å². The average molecular weight is 1310 g/mol. The highest BCUT2D eigenvalue weighted by Gasteiger charge is 2.30. The van der Waals surface area contributed by atoms with Crippen LogP contribution in [-0.4, -0.2) is 96.7 Å². The molecule has 0 aliphatic heterocycles. The molecule has 19 heteroatoms. The van der Waals surface area contributed by atoms with Crippen molar-refractivity contribution in [1.29, 1.82) is 0 Å². The Bertz CT molecular complexity index is 1760. The van der Waals surface area contributed by atoms with E-state index in [2.05, 4.69) is 55.4 Å². The zero-order valence-corrected chi connectivity index (χ0v) is 59.8. The highest BCUT2D eigenvalue weighted by atomic mass is 31.2. The Morgan fingerprint density at radius 1 is 0.281 bits per heavy atom. The van der Waals surface area contributed by atoms with E-state index in [0.717, 1.165) is 114 Å². The second-order valence-corrected chi connectivity index (χ2v) is 30.1. The number of esters is 4. The van der Waals surface area contributed by atoms with E-state index in [0.29, 0.717) is 31.6 Å². The Morgan fingerprint density at radius 2 is 0.472 bits per heavy atom. The molecule has 0 aliphatic carbocycles. The fraction of sp³-hybridized carbons (Fsp3) is 0.943. The van der Waals surface area contributed by atoms with Crippen LogP contribution in [0.5, 0.6) is 0 Å². The van der Waals surface area contributed by atoms with Gasteiger partial charge in [0, 0.05) is 25.7 Å². The van der Waals surface area contributed by atoms with E-state index in [1.165, 1.54) is 141 Å². The average Bonchev–Trinajstić information content (AvgIpc) is 3.68. The first-order valence-electron chi connectivity index (χ1n) is 36.2. The van der Waals surface area contributed by atoms with Crippen molar-refractivity contribution in [3.63, 3.8) is 0 Å². The van der Waals surface area contributed by atoms with E-state index >= 15 is 0 Å². The number of phosphoric ester groups is 2. The van der Waals surface area contributed by atoms with Gasteiger partial charge in [-0.3, -0.25) is 37.3 Å². The number of carbonyl (C=O) groups excluding carboxylic acids is 4. The minimum Gasteiger partial charge on any atom is -0.462 e. The van der Waals surface area contributed by atoms with Crippen molar-refractivity contribution in [3.05, 3.63) is 0 Å². The van der Waals surface area contributed by atoms with Crippen molar-refractivity contribution < 1.29 is 80.2 Å². The Labute approximate surface area is 543 Å². The number of unbranched alkanes of at least 4 members (excludes halogenated alkanes) is 33. The molecule has 0 aromatic heterocycles. The van der Waals surface area contributed by atoms with Crippen molar-refractivity contribution in [2.24, 2.45) is 23.7 Å². The van der Waals surface area contributed by atoms with Crippen LogP contribution in [0.4, 0.5) is 0 Å². The summed E-state index contributed by atoms with van der Waals surface area (Å²) < 4.78 is 68.2. The number of hydrogen-bond donors (Lipinski definition) is 3. The second kappa shape index (κ2) is 59.8. The Kier molecular flexibility index (Phi) is 58.5. The summed E-state index contributed by atoms with van der Waals surface area (Å²) in [6.07, 6.45) is 41.8. The van der Waals surface area contributed by atoms with Gasteiger partial charge in [0.15, 0.2) is 12.2 Å². The van der Waals surface area contributed by atoms with E-state index in [9.17, 15) is 43.2 Å². The maximum atomic E-state index is 13.0. The predicted octanol–water partition coefficient (Wildman–Crippen LogP) is 19.7. The zero-order chi connectivity index (χ0) is 66.1. The number of phosphoric acid groups is 2. The van der Waals surface area contributed by atoms with Crippen LogP contribution in [0, 0.1) is 23.7 Å². The third kappa shape index (κ3) is 64.6. The zero-order valence-electron chi connectivity index (χ0n) is 58.1. The number of ether oxygens (including phenoxy) is 4. The SMILES string of the molecule is CC(C)CCCCCCCCCCCCCCCC(=O)O[C@H](COC(=O)CCCCCCCCC(C)C)COP(=O)(O)OC[C@H](O)COP(=O)(O)OC[C@@H](COC(=O)CCCCCCCCCCC(C)C)OC(=O)CCCCCCCCCCCCC(C)C. The van der Waals surface area contributed by atoms with Crippen LogP contribution in [0.25, 0.3) is 0 Å². The lowest BCUT2D eigenvalue weighted by Gasteiger charge is -2.21. The summed E-state index contributed by atoms with van der Waals surface area (Å²) in [7, 11) is -9.90. The molecule has 0 aliphatic rings. The van der Waals surface area contributed by atoms with Gasteiger partial charge in [0.05, 0.1) is 26.4 Å². The molecule has 17 nitrogen and oxygen atoms in total. The Hall–Kier alpha value is -1.94. The van der Waals surface area contributed by atoms with E-state index in [1.54, 1.807) is 0 Å². The first-order valence-corrected chi connectivity index (χ1v) is 39.2. The highest BCUT2D eigenvalue weighted by molar-refractivity contribution is 7.47. The molecule has 89 heavy (non-hydrogen) atoms. The summed E-state index contributed by atoms with van der Waals surface area (Å²) in [6.45, 7) is 14.0. The lowest BCUT2D eigenvalue weighted by atomic mass is 10.0. The molecule has 0 spiro atoms. The van der Waals surface area contributed by atoms with Crippen molar-refractivity contribution in [3.8, 4) is 0 Å². The van der Waals surface area contributed by atoms with Gasteiger partial charge < -0.3 is 33.8 Å². The number of rotatable bonds is 67. The van der Waals surface area contributed by atoms with Gasteiger partial charge >= 0.3 is 39.5 Å². The Balaban J connectivity index is 5.23. The topological polar surface area (TPSA) is 237 Å². The molecule has 0 rings (SSSR count). The molecule has 528 valence electrons. The summed E-state index contributed by atoms with van der Waals surface area (Å²) in [5.74, 6) is 0.813. The quantitative estimate of drug-likeness (QED) is 0.0222. The molecule has 0 bridgehead atoms. The smallest absolute Gasteiger partial charge is 0.462 e. The van der Waals surface area contributed by atoms with Crippen LogP contribution in [0.1, 0.15) is 344 Å². The summed E-state index contributed by atoms with van der Waals surface area (Å²) in [5, 5.41) is 10.6. The maximum Gasteiger partial charge on any atom is 0.472 e. The maximum absolute atomic E-state index is 13.0. The summed E-state index contributed by atoms with van der Waals surface area (Å²) >= 11 is 0. The summed E-state index contributed by atoms with van der Waals surface area (Å²) in [4.78, 5) is 72.5. The van der Waals surface area contributed by atoms with Gasteiger partial charge in [-0.05, 0) is 49.4 Å². The van der Waals surface area contributed by atoms with E-state index in [-0.39, 0.29) is 25.7 Å². The largest absolute Gasteiger partial charge is 0.472 e. The van der Waals surface area contributed by atoms with Crippen molar-refractivity contribution in [1.82, 2.24) is 0 Å². The van der Waals surface area contributed by atoms with Crippen LogP contribution >= 0.6 is 15.6 Å². The van der Waals surface area contributed by atoms with Crippen LogP contribution < -0.4 is 0 Å². The lowest BCUT2D eigenvalue weighted by Crippen LogP contribution is -2.30. The van der Waals surface area contributed by atoms with Gasteiger partial charge in [0.2, 0.25) is 0 Å². The molecule has 0 aromatic rings. The van der Waals surface area contributed by atoms with Crippen molar-refractivity contribution in [2.75, 3.05) is 39.6 Å². The van der Waals surface area contributed by atoms with Crippen molar-refractivity contribution >= 4 is 39.5 Å². The van der Waals surface area contributed by atoms with Gasteiger partial charge in [-0.2, -0.15) is 0 Å². The Morgan fingerprint density at radius 3 is 0.697 bits per heavy atom. The second-order valence-electron chi connectivity index (χ2n) is 27.2. The standard InChI is InChI=1S/C70H136O17P2/c1-60(2)46-38-30-22-16-12-10-9-11-13-18-26-36-44-52-69(74)87-66(57-81-68(73)51-43-35-29-28-33-41-49-63(7)8)59-85-89(78,79)83-55-64(71)54-82-88(76,77)84-58-65(56-80-67(72)50-42-34-25-21-20-24-32-40-48-62(5)6)86-70(75)53-45-37-27-19-15-14-17-23-31-39-47-61(3)4/h60-66,71H,9-59H2,1-8H3,(H,76,77)(H,78,79)/t64-,65-,66-/m1/s1. The summed E-state index contributed by atoms with van der Waals surface area (Å²) in [6, 6.07) is 0. The molecule has 0 saturated carbocycles. The molecular weight excluding hydrogens is 1170 g/mol. The van der Waals surface area contributed by atoms with E-state index in [4.69, 9.17) is 37.0 Å². The monoisotopic (exact) mass is 1310 g/mol. The van der Waals surface area contributed by atoms with Crippen molar-refractivity contribution in [2.45, 2.75) is 363 Å². The number of hydrogen-bond acceptors (Lipinski definition) is 15. The van der Waals surface area contributed by atoms with Gasteiger partial charge in [-0.15, -0.1) is 0 Å². The fourth-order valence-corrected chi connectivity index (χ4v) is 12.1. The first-order chi connectivity index (χ1) is 42.6. The molecule has 0 heterocycles. The third-order valence-electron chi connectivity index (χ3n) is 16.1. The van der Waals surface area contributed by atoms with Crippen LogP contribution in [0.15, 0.2) is 0 Å². The van der Waals surface area contributed by atoms with E-state index in [1.807, 2.05) is 0 Å². The molecule has 5 atom stereocenters. The molecule has 0 aromatic carbocycles. The molecule has 0 saturated heterocycles. The first kappa shape index (κ1) is 87.1. The van der Waals surface area contributed by atoms with Crippen LogP contribution in [0.3, 0.4) is 0 Å². The molecule has 0 amide bonds. The third-order valence-corrected chi connectivity index (χ3v) is 18.0. The number of aliphatic hydroxyl groups excluding tert-OH is 1. The summed E-state index contributed by atoms with van der Waals surface area (Å²) in [5.41, 5.74) is 0. The minimum absolute atomic E-state index is 0.105. The van der Waals surface area contributed by atoms with Gasteiger partial charge in [-0.25, -0.2) is 9.13 Å². The van der Waals surface area contributed by atoms with Gasteiger partial charge in [0.1, 0.15) is 19.3 Å². The van der Waals surface area contributed by atoms with Crippen LogP contribution in [0.2, 0.25) is 0 Å². The normalized spacial score (nSPS) is 14.3. The molecule has 0 fully saturated rings. The highest BCUT2D eigenvalue weighted by Crippen LogP contribution is 2.45. The van der Waals surface area contributed by atoms with E-state index < -0.39 is 97.5 Å². The van der Waals surface area contributed by atoms with Gasteiger partial charge in [-0.1, -0.05) is 293 Å². The number of aliphatic hydroxyl groups is 1. The van der Waals surface area contributed by atoms with Crippen LogP contribution in [-0.2, 0) is 65.4 Å². The number of carbonyl (C=O) groups is 4. The molecule has 2 unspecified atom stereocenters. The molecule has 0 radical (unpaired) electrons. The fourth-order valence-electron chi connectivity index (χ4n) is 10.5. The minimum atomic E-state index is -4.95. The predicted molar refractivity (Wildman–Crippen MR) is 358 cm³/mol. The lowest BCUT2D eigenvalue weighted by molar-refractivity contribution is -0.161. The molecular formula is C70H136O17P2. The molecule has 3 N–H and O–H groups in total.